The van der Waals surface area contributed by atoms with Crippen LogP contribution in [-0.2, 0) is 11.3 Å². The molecule has 2 N–H and O–H groups in total. The maximum atomic E-state index is 13.9. The number of benzene rings is 2. The Morgan fingerprint density at radius 1 is 1.21 bits per heavy atom. The Morgan fingerprint density at radius 2 is 1.83 bits per heavy atom. The van der Waals surface area contributed by atoms with E-state index in [2.05, 4.69) is 6.58 Å². The lowest BCUT2D eigenvalue weighted by atomic mass is 9.94. The smallest absolute Gasteiger partial charge is 0.227 e. The summed E-state index contributed by atoms with van der Waals surface area (Å²) in [5, 5.41) is 0. The first-order valence-electron chi connectivity index (χ1n) is 7.98. The minimum absolute atomic E-state index is 0.116. The van der Waals surface area contributed by atoms with Gasteiger partial charge in [-0.25, -0.2) is 4.39 Å². The zero-order chi connectivity index (χ0) is 17.5. The molecule has 126 valence electrons. The summed E-state index contributed by atoms with van der Waals surface area (Å²) in [4.78, 5) is 14.4. The Hall–Kier alpha value is -2.46. The summed E-state index contributed by atoms with van der Waals surface area (Å²) in [6, 6.07) is 15.6. The van der Waals surface area contributed by atoms with Gasteiger partial charge in [0.15, 0.2) is 0 Å². The summed E-state index contributed by atoms with van der Waals surface area (Å²) in [6.45, 7) is 6.04. The highest BCUT2D eigenvalue weighted by molar-refractivity contribution is 5.79. The van der Waals surface area contributed by atoms with E-state index in [1.54, 1.807) is 36.1 Å². The Morgan fingerprint density at radius 3 is 2.46 bits per heavy atom. The summed E-state index contributed by atoms with van der Waals surface area (Å²) in [7, 11) is 0. The fourth-order valence-electron chi connectivity index (χ4n) is 2.63. The van der Waals surface area contributed by atoms with Gasteiger partial charge in [-0.1, -0.05) is 61.5 Å². The van der Waals surface area contributed by atoms with Crippen LogP contribution in [0.5, 0.6) is 0 Å². The predicted molar refractivity (Wildman–Crippen MR) is 94.5 cm³/mol. The molecule has 4 heteroatoms. The molecule has 1 amide bonds. The Kier molecular flexibility index (Phi) is 6.27. The molecular weight excluding hydrogens is 303 g/mol. The van der Waals surface area contributed by atoms with Crippen molar-refractivity contribution in [2.24, 2.45) is 11.7 Å². The fraction of sp³-hybridized carbons (Fsp3) is 0.250. The first kappa shape index (κ1) is 17.9. The number of amides is 1. The van der Waals surface area contributed by atoms with Gasteiger partial charge in [0, 0.05) is 24.7 Å². The molecule has 2 aromatic rings. The average molecular weight is 326 g/mol. The van der Waals surface area contributed by atoms with Crippen LogP contribution >= 0.6 is 0 Å². The lowest BCUT2D eigenvalue weighted by Gasteiger charge is -2.28. The van der Waals surface area contributed by atoms with Crippen LogP contribution in [0.25, 0.3) is 0 Å². The maximum absolute atomic E-state index is 13.9. The molecule has 0 bridgehead atoms. The second-order valence-corrected chi connectivity index (χ2v) is 5.82. The van der Waals surface area contributed by atoms with Crippen LogP contribution in [0.1, 0.15) is 24.1 Å². The van der Waals surface area contributed by atoms with Crippen molar-refractivity contribution < 1.29 is 9.18 Å². The molecule has 0 radical (unpaired) electrons. The van der Waals surface area contributed by atoms with Crippen molar-refractivity contribution in [2.45, 2.75) is 19.5 Å². The van der Waals surface area contributed by atoms with Gasteiger partial charge in [-0.3, -0.25) is 4.79 Å². The van der Waals surface area contributed by atoms with Gasteiger partial charge in [-0.2, -0.15) is 0 Å². The molecule has 2 atom stereocenters. The van der Waals surface area contributed by atoms with Crippen LogP contribution in [0, 0.1) is 11.7 Å². The van der Waals surface area contributed by atoms with Crippen molar-refractivity contribution in [3.8, 4) is 0 Å². The lowest BCUT2D eigenvalue weighted by Crippen LogP contribution is -2.39. The van der Waals surface area contributed by atoms with E-state index in [0.29, 0.717) is 12.1 Å². The van der Waals surface area contributed by atoms with Crippen LogP contribution < -0.4 is 5.73 Å². The number of nitrogens with two attached hydrogens (primary N) is 1. The van der Waals surface area contributed by atoms with Crippen LogP contribution in [0.4, 0.5) is 4.39 Å². The molecule has 0 saturated carbocycles. The lowest BCUT2D eigenvalue weighted by molar-refractivity contribution is -0.135. The summed E-state index contributed by atoms with van der Waals surface area (Å²) >= 11 is 0. The van der Waals surface area contributed by atoms with Crippen molar-refractivity contribution in [2.75, 3.05) is 6.54 Å². The third-order valence-corrected chi connectivity index (χ3v) is 4.09. The molecule has 2 aromatic carbocycles. The highest BCUT2D eigenvalue weighted by Gasteiger charge is 2.26. The Bertz CT molecular complexity index is 687. The fourth-order valence-corrected chi connectivity index (χ4v) is 2.63. The van der Waals surface area contributed by atoms with Gasteiger partial charge in [0.2, 0.25) is 5.91 Å². The van der Waals surface area contributed by atoms with Crippen molar-refractivity contribution in [1.82, 2.24) is 4.90 Å². The van der Waals surface area contributed by atoms with Gasteiger partial charge in [-0.15, -0.1) is 6.58 Å². The molecule has 0 aliphatic carbocycles. The molecule has 0 aromatic heterocycles. The molecule has 3 nitrogen and oxygen atoms in total. The summed E-state index contributed by atoms with van der Waals surface area (Å²) in [5.74, 6) is -0.854. The standard InChI is InChI=1S/C20H23FN2O/c1-3-13-23(14-17-11-7-8-12-18(17)21)20(24)15(2)19(22)16-9-5-4-6-10-16/h3-12,15,19H,1,13-14,22H2,2H3. The number of carbonyl (C=O) groups excluding carboxylic acids is 1. The molecule has 2 rings (SSSR count). The Balaban J connectivity index is 2.16. The van der Waals surface area contributed by atoms with Crippen LogP contribution in [0.15, 0.2) is 67.3 Å². The van der Waals surface area contributed by atoms with E-state index >= 15 is 0 Å². The molecule has 0 spiro atoms. The van der Waals surface area contributed by atoms with Gasteiger partial charge < -0.3 is 10.6 Å². The highest BCUT2D eigenvalue weighted by Crippen LogP contribution is 2.22. The van der Waals surface area contributed by atoms with Gasteiger partial charge in [0.25, 0.3) is 0 Å². The topological polar surface area (TPSA) is 46.3 Å². The summed E-state index contributed by atoms with van der Waals surface area (Å²) < 4.78 is 13.9. The molecule has 0 aliphatic heterocycles. The van der Waals surface area contributed by atoms with E-state index in [0.717, 1.165) is 5.56 Å². The molecule has 0 saturated heterocycles. The summed E-state index contributed by atoms with van der Waals surface area (Å²) in [6.07, 6.45) is 1.64. The third-order valence-electron chi connectivity index (χ3n) is 4.09. The van der Waals surface area contributed by atoms with E-state index in [9.17, 15) is 9.18 Å². The second kappa shape index (κ2) is 8.41. The first-order valence-corrected chi connectivity index (χ1v) is 7.98. The zero-order valence-corrected chi connectivity index (χ0v) is 13.9. The Labute approximate surface area is 142 Å². The molecular formula is C20H23FN2O. The summed E-state index contributed by atoms with van der Waals surface area (Å²) in [5.41, 5.74) is 7.63. The highest BCUT2D eigenvalue weighted by atomic mass is 19.1. The normalized spacial score (nSPS) is 13.1. The van der Waals surface area contributed by atoms with E-state index in [1.165, 1.54) is 6.07 Å². The number of halogens is 1. The van der Waals surface area contributed by atoms with Crippen LogP contribution in [0.2, 0.25) is 0 Å². The number of hydrogen-bond acceptors (Lipinski definition) is 2. The molecule has 2 unspecified atom stereocenters. The van der Waals surface area contributed by atoms with Crippen molar-refractivity contribution in [1.29, 1.82) is 0 Å². The SMILES string of the molecule is C=CCN(Cc1ccccc1F)C(=O)C(C)C(N)c1ccccc1. The van der Waals surface area contributed by atoms with Crippen molar-refractivity contribution >= 4 is 5.91 Å². The average Bonchev–Trinajstić information content (AvgIpc) is 2.62. The minimum atomic E-state index is -0.417. The van der Waals surface area contributed by atoms with Crippen molar-refractivity contribution in [3.63, 3.8) is 0 Å². The van der Waals surface area contributed by atoms with Crippen LogP contribution in [-0.4, -0.2) is 17.4 Å². The quantitative estimate of drug-likeness (QED) is 0.789. The number of nitrogens with zero attached hydrogens (tertiary/aromatic N) is 1. The van der Waals surface area contributed by atoms with Gasteiger partial charge in [0.1, 0.15) is 5.82 Å². The number of carbonyl (C=O) groups is 1. The number of rotatable bonds is 7. The monoisotopic (exact) mass is 326 g/mol. The largest absolute Gasteiger partial charge is 0.334 e. The maximum Gasteiger partial charge on any atom is 0.227 e. The molecule has 0 aliphatic rings. The third kappa shape index (κ3) is 4.30. The first-order chi connectivity index (χ1) is 11.5. The molecule has 24 heavy (non-hydrogen) atoms. The van der Waals surface area contributed by atoms with E-state index in [1.807, 2.05) is 30.3 Å². The molecule has 0 heterocycles. The van der Waals surface area contributed by atoms with Gasteiger partial charge >= 0.3 is 0 Å². The van der Waals surface area contributed by atoms with E-state index < -0.39 is 12.0 Å². The minimum Gasteiger partial charge on any atom is -0.334 e. The van der Waals surface area contributed by atoms with Gasteiger partial charge in [-0.05, 0) is 11.6 Å². The van der Waals surface area contributed by atoms with E-state index in [-0.39, 0.29) is 18.3 Å². The second-order valence-electron chi connectivity index (χ2n) is 5.82. The van der Waals surface area contributed by atoms with E-state index in [4.69, 9.17) is 5.73 Å². The number of hydrogen-bond donors (Lipinski definition) is 1. The van der Waals surface area contributed by atoms with Gasteiger partial charge in [0.05, 0.1) is 5.92 Å². The zero-order valence-electron chi connectivity index (χ0n) is 13.9. The predicted octanol–water partition coefficient (Wildman–Crippen LogP) is 3.68. The van der Waals surface area contributed by atoms with Crippen LogP contribution in [0.3, 0.4) is 0 Å². The van der Waals surface area contributed by atoms with Crippen molar-refractivity contribution in [3.05, 3.63) is 84.2 Å². The molecule has 0 fully saturated rings.